The topological polar surface area (TPSA) is 12.9 Å². The molecule has 1 nitrogen and oxygen atoms in total. The van der Waals surface area contributed by atoms with Crippen molar-refractivity contribution < 1.29 is 0 Å². The van der Waals surface area contributed by atoms with Crippen molar-refractivity contribution in [3.05, 3.63) is 10.0 Å². The van der Waals surface area contributed by atoms with Gasteiger partial charge < -0.3 is 0 Å². The van der Waals surface area contributed by atoms with E-state index in [9.17, 15) is 0 Å². The van der Waals surface area contributed by atoms with Crippen LogP contribution in [0.2, 0.25) is 10.0 Å². The van der Waals surface area contributed by atoms with Crippen LogP contribution >= 0.6 is 58.5 Å². The fourth-order valence-corrected chi connectivity index (χ4v) is 4.43. The minimum Gasteiger partial charge on any atom is -0.232 e. The normalized spacial score (nSPS) is 10.9. The Balaban J connectivity index is 3.24. The lowest BCUT2D eigenvalue weighted by Gasteiger charge is -2.12. The zero-order chi connectivity index (χ0) is 12.8. The third-order valence-electron chi connectivity index (χ3n) is 1.83. The van der Waals surface area contributed by atoms with Crippen LogP contribution in [0.1, 0.15) is 20.8 Å². The lowest BCUT2D eigenvalue weighted by atomic mass is 10.5. The van der Waals surface area contributed by atoms with Crippen molar-refractivity contribution in [3.63, 3.8) is 0 Å². The Morgan fingerprint density at radius 1 is 0.824 bits per heavy atom. The molecule has 0 unspecified atom stereocenters. The van der Waals surface area contributed by atoms with Crippen LogP contribution in [0.4, 0.5) is 0 Å². The van der Waals surface area contributed by atoms with Gasteiger partial charge in [-0.15, -0.1) is 35.3 Å². The fourth-order valence-electron chi connectivity index (χ4n) is 1.22. The largest absolute Gasteiger partial charge is 0.232 e. The predicted molar refractivity (Wildman–Crippen MR) is 83.5 cm³/mol. The highest BCUT2D eigenvalue weighted by Gasteiger charge is 2.17. The van der Waals surface area contributed by atoms with Crippen molar-refractivity contribution in [2.75, 3.05) is 17.3 Å². The molecule has 0 N–H and O–H groups in total. The molecule has 0 fully saturated rings. The number of hydrogen-bond donors (Lipinski definition) is 0. The number of aromatic nitrogens is 1. The van der Waals surface area contributed by atoms with Gasteiger partial charge in [-0.3, -0.25) is 0 Å². The Morgan fingerprint density at radius 3 is 1.59 bits per heavy atom. The summed E-state index contributed by atoms with van der Waals surface area (Å²) in [6.45, 7) is 6.28. The summed E-state index contributed by atoms with van der Waals surface area (Å²) in [5.74, 6) is 2.87. The van der Waals surface area contributed by atoms with Crippen LogP contribution in [0.3, 0.4) is 0 Å². The first kappa shape index (κ1) is 15.8. The summed E-state index contributed by atoms with van der Waals surface area (Å²) in [4.78, 5) is 5.51. The molecule has 0 atom stereocenters. The van der Waals surface area contributed by atoms with Crippen LogP contribution in [0.5, 0.6) is 0 Å². The highest BCUT2D eigenvalue weighted by atomic mass is 35.5. The molecule has 0 aromatic carbocycles. The van der Waals surface area contributed by atoms with Gasteiger partial charge in [0.2, 0.25) is 0 Å². The first-order valence-corrected chi connectivity index (χ1v) is 9.14. The summed E-state index contributed by atoms with van der Waals surface area (Å²) >= 11 is 17.7. The maximum Gasteiger partial charge on any atom is 0.117 e. The lowest BCUT2D eigenvalue weighted by molar-refractivity contribution is 0.974. The second-order valence-electron chi connectivity index (χ2n) is 2.98. The highest BCUT2D eigenvalue weighted by molar-refractivity contribution is 8.00. The summed E-state index contributed by atoms with van der Waals surface area (Å²) in [6, 6.07) is 0. The Hall–Kier alpha value is 0.780. The molecular formula is C11H15Cl2NS3. The lowest BCUT2D eigenvalue weighted by Crippen LogP contribution is -1.92. The SMILES string of the molecule is CCSc1nc(SCC)c(Cl)c(SCC)c1Cl. The van der Waals surface area contributed by atoms with Gasteiger partial charge in [0.15, 0.2) is 0 Å². The monoisotopic (exact) mass is 327 g/mol. The van der Waals surface area contributed by atoms with Gasteiger partial charge in [0.25, 0.3) is 0 Å². The van der Waals surface area contributed by atoms with Gasteiger partial charge in [0.05, 0.1) is 14.9 Å². The van der Waals surface area contributed by atoms with Gasteiger partial charge in [-0.25, -0.2) is 4.98 Å². The molecule has 0 aliphatic rings. The number of halogens is 2. The first-order chi connectivity index (χ1) is 8.15. The smallest absolute Gasteiger partial charge is 0.117 e. The number of hydrogen-bond acceptors (Lipinski definition) is 4. The summed E-state index contributed by atoms with van der Waals surface area (Å²) in [5, 5.41) is 3.19. The zero-order valence-electron chi connectivity index (χ0n) is 10.0. The Bertz CT molecular complexity index is 355. The molecule has 0 aliphatic heterocycles. The van der Waals surface area contributed by atoms with Crippen molar-refractivity contribution in [1.29, 1.82) is 0 Å². The van der Waals surface area contributed by atoms with Crippen molar-refractivity contribution in [2.45, 2.75) is 35.7 Å². The van der Waals surface area contributed by atoms with Crippen LogP contribution in [-0.2, 0) is 0 Å². The predicted octanol–water partition coefficient (Wildman–Crippen LogP) is 5.72. The van der Waals surface area contributed by atoms with E-state index in [-0.39, 0.29) is 0 Å². The standard InChI is InChI=1S/C11H15Cl2NS3/c1-4-15-9-7(12)10(16-5-2)14-11(8(9)13)17-6-3/h4-6H2,1-3H3. The Kier molecular flexibility index (Phi) is 7.50. The van der Waals surface area contributed by atoms with Crippen molar-refractivity contribution in [1.82, 2.24) is 4.98 Å². The number of rotatable bonds is 6. The van der Waals surface area contributed by atoms with Crippen molar-refractivity contribution in [3.8, 4) is 0 Å². The van der Waals surface area contributed by atoms with Gasteiger partial charge >= 0.3 is 0 Å². The Labute approximate surface area is 126 Å². The van der Waals surface area contributed by atoms with Gasteiger partial charge in [-0.2, -0.15) is 0 Å². The molecule has 96 valence electrons. The third-order valence-corrected chi connectivity index (χ3v) is 5.71. The molecule has 1 aromatic rings. The third kappa shape index (κ3) is 4.13. The van der Waals surface area contributed by atoms with E-state index in [2.05, 4.69) is 25.8 Å². The van der Waals surface area contributed by atoms with E-state index in [1.165, 1.54) is 0 Å². The zero-order valence-corrected chi connectivity index (χ0v) is 14.0. The van der Waals surface area contributed by atoms with E-state index in [0.717, 1.165) is 32.2 Å². The minimum atomic E-state index is 0.703. The summed E-state index contributed by atoms with van der Waals surface area (Å²) in [5.41, 5.74) is 0. The maximum absolute atomic E-state index is 6.35. The van der Waals surface area contributed by atoms with Crippen LogP contribution in [-0.4, -0.2) is 22.2 Å². The van der Waals surface area contributed by atoms with E-state index in [4.69, 9.17) is 23.2 Å². The van der Waals surface area contributed by atoms with E-state index in [0.29, 0.717) is 10.0 Å². The molecular weight excluding hydrogens is 313 g/mol. The van der Waals surface area contributed by atoms with Crippen LogP contribution in [0.15, 0.2) is 14.9 Å². The molecule has 0 saturated heterocycles. The van der Waals surface area contributed by atoms with Crippen LogP contribution < -0.4 is 0 Å². The number of pyridine rings is 1. The molecule has 17 heavy (non-hydrogen) atoms. The van der Waals surface area contributed by atoms with Crippen molar-refractivity contribution in [2.24, 2.45) is 0 Å². The second-order valence-corrected chi connectivity index (χ2v) is 7.51. The molecule has 0 bridgehead atoms. The van der Waals surface area contributed by atoms with Gasteiger partial charge in [0, 0.05) is 0 Å². The summed E-state index contributed by atoms with van der Waals surface area (Å²) < 4.78 is 0. The number of nitrogens with zero attached hydrogens (tertiary/aromatic N) is 1. The Morgan fingerprint density at radius 2 is 1.24 bits per heavy atom. The van der Waals surface area contributed by atoms with E-state index >= 15 is 0 Å². The van der Waals surface area contributed by atoms with Crippen molar-refractivity contribution >= 4 is 58.5 Å². The molecule has 0 radical (unpaired) electrons. The maximum atomic E-state index is 6.35. The molecule has 6 heteroatoms. The first-order valence-electron chi connectivity index (χ1n) is 5.42. The van der Waals surface area contributed by atoms with E-state index in [1.54, 1.807) is 35.3 Å². The second kappa shape index (κ2) is 8.05. The molecule has 1 aromatic heterocycles. The average Bonchev–Trinajstić information content (AvgIpc) is 2.31. The van der Waals surface area contributed by atoms with E-state index in [1.807, 2.05) is 0 Å². The molecule has 1 heterocycles. The molecule has 0 aliphatic carbocycles. The average molecular weight is 328 g/mol. The van der Waals surface area contributed by atoms with Gasteiger partial charge in [0.1, 0.15) is 10.1 Å². The molecule has 0 spiro atoms. The molecule has 0 amide bonds. The van der Waals surface area contributed by atoms with Gasteiger partial charge in [-0.1, -0.05) is 44.0 Å². The molecule has 1 rings (SSSR count). The summed E-state index contributed by atoms with van der Waals surface area (Å²) in [7, 11) is 0. The summed E-state index contributed by atoms with van der Waals surface area (Å²) in [6.07, 6.45) is 0. The minimum absolute atomic E-state index is 0.703. The number of thioether (sulfide) groups is 3. The van der Waals surface area contributed by atoms with Crippen LogP contribution in [0.25, 0.3) is 0 Å². The fraction of sp³-hybridized carbons (Fsp3) is 0.545. The molecule has 0 saturated carbocycles. The van der Waals surface area contributed by atoms with E-state index < -0.39 is 0 Å². The van der Waals surface area contributed by atoms with Crippen LogP contribution in [0, 0.1) is 0 Å². The quantitative estimate of drug-likeness (QED) is 0.619. The highest BCUT2D eigenvalue weighted by Crippen LogP contribution is 2.43. The van der Waals surface area contributed by atoms with Gasteiger partial charge in [-0.05, 0) is 17.3 Å².